The lowest BCUT2D eigenvalue weighted by molar-refractivity contribution is -0.0689. The van der Waals surface area contributed by atoms with Crippen molar-refractivity contribution < 1.29 is 18.0 Å². The third-order valence-corrected chi connectivity index (χ3v) is 3.67. The van der Waals surface area contributed by atoms with Gasteiger partial charge in [0, 0.05) is 21.8 Å². The van der Waals surface area contributed by atoms with Gasteiger partial charge in [-0.3, -0.25) is 4.79 Å². The zero-order valence-corrected chi connectivity index (χ0v) is 14.3. The van der Waals surface area contributed by atoms with Crippen LogP contribution in [-0.2, 0) is 0 Å². The SMILES string of the molecule is O=C(C=C(c1cc(Cl)cc(Cl)c1)C(F)(F)F)c1ccc(Br)nc1. The Labute approximate surface area is 148 Å². The molecule has 0 N–H and O–H groups in total. The molecule has 0 aliphatic carbocycles. The highest BCUT2D eigenvalue weighted by Crippen LogP contribution is 2.36. The number of aromatic nitrogens is 1. The smallest absolute Gasteiger partial charge is 0.289 e. The maximum atomic E-state index is 13.3. The van der Waals surface area contributed by atoms with Crippen LogP contribution in [0.4, 0.5) is 13.2 Å². The summed E-state index contributed by atoms with van der Waals surface area (Å²) >= 11 is 14.6. The number of pyridine rings is 1. The van der Waals surface area contributed by atoms with Crippen LogP contribution in [0, 0.1) is 0 Å². The van der Waals surface area contributed by atoms with Gasteiger partial charge in [0.05, 0.1) is 5.57 Å². The van der Waals surface area contributed by atoms with E-state index < -0.39 is 17.5 Å². The van der Waals surface area contributed by atoms with Crippen molar-refractivity contribution in [2.75, 3.05) is 0 Å². The van der Waals surface area contributed by atoms with Gasteiger partial charge in [0.1, 0.15) is 4.60 Å². The fraction of sp³-hybridized carbons (Fsp3) is 0.0667. The van der Waals surface area contributed by atoms with Crippen molar-refractivity contribution in [3.8, 4) is 0 Å². The largest absolute Gasteiger partial charge is 0.417 e. The van der Waals surface area contributed by atoms with Gasteiger partial charge in [0.25, 0.3) is 0 Å². The standard InChI is InChI=1S/C15H7BrCl2F3NO/c16-14-2-1-8(7-22-14)13(23)6-12(15(19,20)21)9-3-10(17)5-11(18)4-9/h1-7H. The maximum Gasteiger partial charge on any atom is 0.417 e. The summed E-state index contributed by atoms with van der Waals surface area (Å²) in [5.41, 5.74) is -1.38. The Bertz CT molecular complexity index is 753. The van der Waals surface area contributed by atoms with E-state index in [2.05, 4.69) is 20.9 Å². The summed E-state index contributed by atoms with van der Waals surface area (Å²) < 4.78 is 40.3. The molecule has 2 aromatic rings. The predicted molar refractivity (Wildman–Crippen MR) is 86.8 cm³/mol. The lowest BCUT2D eigenvalue weighted by Gasteiger charge is -2.12. The average molecular weight is 425 g/mol. The number of alkyl halides is 3. The first-order valence-electron chi connectivity index (χ1n) is 6.08. The number of halogens is 6. The highest BCUT2D eigenvalue weighted by atomic mass is 79.9. The first-order valence-corrected chi connectivity index (χ1v) is 7.63. The van der Waals surface area contributed by atoms with Crippen LogP contribution in [0.25, 0.3) is 5.57 Å². The van der Waals surface area contributed by atoms with E-state index in [9.17, 15) is 18.0 Å². The summed E-state index contributed by atoms with van der Waals surface area (Å²) in [4.78, 5) is 15.9. The highest BCUT2D eigenvalue weighted by Gasteiger charge is 2.35. The Hall–Kier alpha value is -1.37. The van der Waals surface area contributed by atoms with Crippen molar-refractivity contribution in [3.63, 3.8) is 0 Å². The molecule has 1 heterocycles. The first-order chi connectivity index (χ1) is 10.7. The van der Waals surface area contributed by atoms with E-state index in [1.54, 1.807) is 0 Å². The molecule has 1 aromatic carbocycles. The molecule has 0 saturated carbocycles. The number of benzene rings is 1. The minimum absolute atomic E-state index is 0.0306. The van der Waals surface area contributed by atoms with Crippen LogP contribution >= 0.6 is 39.1 Å². The predicted octanol–water partition coefficient (Wildman–Crippen LogP) is 5.98. The quantitative estimate of drug-likeness (QED) is 0.344. The normalized spacial score (nSPS) is 12.3. The summed E-state index contributed by atoms with van der Waals surface area (Å²) in [6.45, 7) is 0. The van der Waals surface area contributed by atoms with Crippen LogP contribution in [0.3, 0.4) is 0 Å². The van der Waals surface area contributed by atoms with E-state index in [0.29, 0.717) is 10.7 Å². The van der Waals surface area contributed by atoms with Crippen molar-refractivity contribution in [1.82, 2.24) is 4.98 Å². The van der Waals surface area contributed by atoms with Gasteiger partial charge in [-0.2, -0.15) is 13.2 Å². The molecule has 0 bridgehead atoms. The lowest BCUT2D eigenvalue weighted by atomic mass is 10.0. The van der Waals surface area contributed by atoms with Gasteiger partial charge >= 0.3 is 6.18 Å². The van der Waals surface area contributed by atoms with Crippen molar-refractivity contribution in [2.24, 2.45) is 0 Å². The fourth-order valence-electron chi connectivity index (χ4n) is 1.77. The van der Waals surface area contributed by atoms with Gasteiger partial charge in [-0.15, -0.1) is 0 Å². The molecule has 0 spiro atoms. The zero-order chi connectivity index (χ0) is 17.2. The molecule has 0 radical (unpaired) electrons. The Kier molecular flexibility index (Phi) is 5.49. The molecule has 0 saturated heterocycles. The second kappa shape index (κ2) is 7.03. The van der Waals surface area contributed by atoms with Gasteiger partial charge in [-0.05, 0) is 57.9 Å². The van der Waals surface area contributed by atoms with Gasteiger partial charge in [-0.25, -0.2) is 4.98 Å². The Morgan fingerprint density at radius 2 is 1.70 bits per heavy atom. The minimum Gasteiger partial charge on any atom is -0.289 e. The van der Waals surface area contributed by atoms with E-state index in [0.717, 1.165) is 12.1 Å². The monoisotopic (exact) mass is 423 g/mol. The van der Waals surface area contributed by atoms with Crippen LogP contribution in [0.5, 0.6) is 0 Å². The number of allylic oxidation sites excluding steroid dienone is 2. The second-order valence-electron chi connectivity index (χ2n) is 4.45. The molecule has 0 aliphatic rings. The summed E-state index contributed by atoms with van der Waals surface area (Å²) in [7, 11) is 0. The lowest BCUT2D eigenvalue weighted by Crippen LogP contribution is -2.13. The van der Waals surface area contributed by atoms with Crippen LogP contribution < -0.4 is 0 Å². The third kappa shape index (κ3) is 4.80. The number of carbonyl (C=O) groups is 1. The average Bonchev–Trinajstić information content (AvgIpc) is 2.42. The van der Waals surface area contributed by atoms with E-state index in [-0.39, 0.29) is 21.2 Å². The molecule has 120 valence electrons. The number of ketones is 1. The van der Waals surface area contributed by atoms with Crippen LogP contribution in [-0.4, -0.2) is 16.9 Å². The van der Waals surface area contributed by atoms with Crippen molar-refractivity contribution >= 4 is 50.5 Å². The van der Waals surface area contributed by atoms with E-state index in [4.69, 9.17) is 23.2 Å². The van der Waals surface area contributed by atoms with Gasteiger partial charge < -0.3 is 0 Å². The molecule has 0 aliphatic heterocycles. The number of hydrogen-bond donors (Lipinski definition) is 0. The molecule has 2 rings (SSSR count). The third-order valence-electron chi connectivity index (χ3n) is 2.77. The molecule has 1 aromatic heterocycles. The molecule has 0 amide bonds. The number of rotatable bonds is 3. The Morgan fingerprint density at radius 1 is 1.09 bits per heavy atom. The zero-order valence-electron chi connectivity index (χ0n) is 11.2. The van der Waals surface area contributed by atoms with Gasteiger partial charge in [0.2, 0.25) is 0 Å². The summed E-state index contributed by atoms with van der Waals surface area (Å²) in [6, 6.07) is 6.33. The highest BCUT2D eigenvalue weighted by molar-refractivity contribution is 9.10. The Balaban J connectivity index is 2.50. The topological polar surface area (TPSA) is 30.0 Å². The molecular weight excluding hydrogens is 418 g/mol. The van der Waals surface area contributed by atoms with E-state index in [1.165, 1.54) is 24.4 Å². The number of nitrogens with zero attached hydrogens (tertiary/aromatic N) is 1. The van der Waals surface area contributed by atoms with Crippen LogP contribution in [0.15, 0.2) is 47.2 Å². The van der Waals surface area contributed by atoms with Crippen LogP contribution in [0.1, 0.15) is 15.9 Å². The Morgan fingerprint density at radius 3 is 2.17 bits per heavy atom. The summed E-state index contributed by atoms with van der Waals surface area (Å²) in [5.74, 6) is -0.826. The molecule has 8 heteroatoms. The molecule has 2 nitrogen and oxygen atoms in total. The van der Waals surface area contributed by atoms with Crippen molar-refractivity contribution in [3.05, 3.63) is 68.4 Å². The van der Waals surface area contributed by atoms with Gasteiger partial charge in [0.15, 0.2) is 5.78 Å². The molecule has 23 heavy (non-hydrogen) atoms. The van der Waals surface area contributed by atoms with Gasteiger partial charge in [-0.1, -0.05) is 23.2 Å². The molecular formula is C15H7BrCl2F3NO. The second-order valence-corrected chi connectivity index (χ2v) is 6.13. The van der Waals surface area contributed by atoms with Crippen LogP contribution in [0.2, 0.25) is 10.0 Å². The summed E-state index contributed by atoms with van der Waals surface area (Å²) in [6.07, 6.45) is -3.05. The fourth-order valence-corrected chi connectivity index (χ4v) is 2.53. The van der Waals surface area contributed by atoms with Crippen molar-refractivity contribution in [1.29, 1.82) is 0 Å². The number of carbonyl (C=O) groups excluding carboxylic acids is 1. The summed E-state index contributed by atoms with van der Waals surface area (Å²) in [5, 5.41) is 0.0841. The number of hydrogen-bond acceptors (Lipinski definition) is 2. The molecule has 0 atom stereocenters. The minimum atomic E-state index is -4.74. The molecule has 0 unspecified atom stereocenters. The van der Waals surface area contributed by atoms with Crippen molar-refractivity contribution in [2.45, 2.75) is 6.18 Å². The first kappa shape index (κ1) is 18.0. The molecule has 0 fully saturated rings. The van der Waals surface area contributed by atoms with E-state index in [1.807, 2.05) is 0 Å². The van der Waals surface area contributed by atoms with E-state index >= 15 is 0 Å². The maximum absolute atomic E-state index is 13.3.